The van der Waals surface area contributed by atoms with Crippen LogP contribution in [0.5, 0.6) is 0 Å². The van der Waals surface area contributed by atoms with Crippen LogP contribution >= 0.6 is 0 Å². The first-order valence-corrected chi connectivity index (χ1v) is 9.34. The second-order valence-electron chi connectivity index (χ2n) is 7.77. The topological polar surface area (TPSA) is 26.3 Å². The highest BCUT2D eigenvalue weighted by atomic mass is 16.5. The van der Waals surface area contributed by atoms with E-state index >= 15 is 0 Å². The van der Waals surface area contributed by atoms with Crippen molar-refractivity contribution in [1.29, 1.82) is 0 Å². The SMILES string of the molecule is Cc1ccc(C2(CC(C)C)CCCC2OC(=O)c2ccccc2)cc1. The molecule has 2 unspecified atom stereocenters. The fourth-order valence-electron chi connectivity index (χ4n) is 4.28. The summed E-state index contributed by atoms with van der Waals surface area (Å²) in [7, 11) is 0. The Morgan fingerprint density at radius 2 is 1.80 bits per heavy atom. The van der Waals surface area contributed by atoms with Gasteiger partial charge in [-0.05, 0) is 56.2 Å². The summed E-state index contributed by atoms with van der Waals surface area (Å²) >= 11 is 0. The molecule has 1 saturated carbocycles. The minimum Gasteiger partial charge on any atom is -0.458 e. The molecule has 3 rings (SSSR count). The van der Waals surface area contributed by atoms with Gasteiger partial charge in [-0.25, -0.2) is 4.79 Å². The summed E-state index contributed by atoms with van der Waals surface area (Å²) in [4.78, 5) is 12.6. The molecule has 25 heavy (non-hydrogen) atoms. The number of rotatable bonds is 5. The van der Waals surface area contributed by atoms with Crippen LogP contribution in [-0.4, -0.2) is 12.1 Å². The molecule has 0 N–H and O–H groups in total. The molecule has 0 radical (unpaired) electrons. The number of benzene rings is 2. The van der Waals surface area contributed by atoms with Gasteiger partial charge in [-0.2, -0.15) is 0 Å². The minimum atomic E-state index is -0.201. The zero-order valence-corrected chi connectivity index (χ0v) is 15.5. The van der Waals surface area contributed by atoms with Crippen molar-refractivity contribution in [2.45, 2.75) is 58.0 Å². The Kier molecular flexibility index (Phi) is 5.27. The van der Waals surface area contributed by atoms with Crippen molar-refractivity contribution in [3.8, 4) is 0 Å². The summed E-state index contributed by atoms with van der Waals surface area (Å²) in [6, 6.07) is 18.1. The van der Waals surface area contributed by atoms with Crippen molar-refractivity contribution in [2.24, 2.45) is 5.92 Å². The van der Waals surface area contributed by atoms with Crippen LogP contribution in [0, 0.1) is 12.8 Å². The number of esters is 1. The van der Waals surface area contributed by atoms with E-state index in [0.717, 1.165) is 25.7 Å². The second kappa shape index (κ2) is 7.43. The molecule has 132 valence electrons. The summed E-state index contributed by atoms with van der Waals surface area (Å²) in [6.07, 6.45) is 4.13. The van der Waals surface area contributed by atoms with Crippen molar-refractivity contribution < 1.29 is 9.53 Å². The van der Waals surface area contributed by atoms with E-state index in [1.807, 2.05) is 30.3 Å². The highest BCUT2D eigenvalue weighted by Crippen LogP contribution is 2.47. The van der Waals surface area contributed by atoms with E-state index in [2.05, 4.69) is 45.0 Å². The lowest BCUT2D eigenvalue weighted by atomic mass is 9.71. The molecule has 2 aromatic rings. The van der Waals surface area contributed by atoms with Crippen molar-refractivity contribution in [3.05, 3.63) is 71.3 Å². The maximum Gasteiger partial charge on any atom is 0.338 e. The molecule has 2 nitrogen and oxygen atoms in total. The van der Waals surface area contributed by atoms with E-state index in [-0.39, 0.29) is 17.5 Å². The van der Waals surface area contributed by atoms with Gasteiger partial charge in [0.2, 0.25) is 0 Å². The first-order valence-electron chi connectivity index (χ1n) is 9.34. The first-order chi connectivity index (χ1) is 12.0. The average Bonchev–Trinajstić information content (AvgIpc) is 2.99. The van der Waals surface area contributed by atoms with E-state index in [1.54, 1.807) is 0 Å². The highest BCUT2D eigenvalue weighted by molar-refractivity contribution is 5.89. The lowest BCUT2D eigenvalue weighted by molar-refractivity contribution is 0.00993. The van der Waals surface area contributed by atoms with Gasteiger partial charge < -0.3 is 4.74 Å². The molecule has 2 heteroatoms. The summed E-state index contributed by atoms with van der Waals surface area (Å²) < 4.78 is 6.06. The summed E-state index contributed by atoms with van der Waals surface area (Å²) in [5, 5.41) is 0. The number of hydrogen-bond acceptors (Lipinski definition) is 2. The summed E-state index contributed by atoms with van der Waals surface area (Å²) in [5.41, 5.74) is 3.15. The molecule has 2 aromatic carbocycles. The second-order valence-corrected chi connectivity index (χ2v) is 7.77. The number of hydrogen-bond donors (Lipinski definition) is 0. The van der Waals surface area contributed by atoms with Gasteiger partial charge in [0.1, 0.15) is 6.10 Å². The Morgan fingerprint density at radius 1 is 1.12 bits per heavy atom. The van der Waals surface area contributed by atoms with E-state index in [4.69, 9.17) is 4.74 Å². The predicted molar refractivity (Wildman–Crippen MR) is 102 cm³/mol. The zero-order valence-electron chi connectivity index (χ0n) is 15.5. The number of carbonyl (C=O) groups is 1. The number of aryl methyl sites for hydroxylation is 1. The minimum absolute atomic E-state index is 0.0506. The molecule has 0 aromatic heterocycles. The third-order valence-electron chi connectivity index (χ3n) is 5.36. The Morgan fingerprint density at radius 3 is 2.44 bits per heavy atom. The Hall–Kier alpha value is -2.09. The van der Waals surface area contributed by atoms with Gasteiger partial charge in [-0.1, -0.05) is 61.9 Å². The van der Waals surface area contributed by atoms with Gasteiger partial charge in [0.15, 0.2) is 0 Å². The normalized spacial score (nSPS) is 23.0. The van der Waals surface area contributed by atoms with Crippen LogP contribution in [0.2, 0.25) is 0 Å². The van der Waals surface area contributed by atoms with Crippen LogP contribution < -0.4 is 0 Å². The van der Waals surface area contributed by atoms with Gasteiger partial charge in [0.05, 0.1) is 5.56 Å². The standard InChI is InChI=1S/C23H28O2/c1-17(2)16-23(20-13-11-18(3)12-14-20)15-7-10-21(23)25-22(24)19-8-5-4-6-9-19/h4-6,8-9,11-14,17,21H,7,10,15-16H2,1-3H3. The largest absolute Gasteiger partial charge is 0.458 e. The van der Waals surface area contributed by atoms with Crippen LogP contribution in [0.3, 0.4) is 0 Å². The van der Waals surface area contributed by atoms with Gasteiger partial charge in [0.25, 0.3) is 0 Å². The fourth-order valence-corrected chi connectivity index (χ4v) is 4.28. The van der Waals surface area contributed by atoms with Crippen LogP contribution in [0.25, 0.3) is 0 Å². The van der Waals surface area contributed by atoms with E-state index in [0.29, 0.717) is 11.5 Å². The van der Waals surface area contributed by atoms with Crippen molar-refractivity contribution in [1.82, 2.24) is 0 Å². The quantitative estimate of drug-likeness (QED) is 0.656. The van der Waals surface area contributed by atoms with Crippen molar-refractivity contribution >= 4 is 5.97 Å². The van der Waals surface area contributed by atoms with Gasteiger partial charge in [0, 0.05) is 5.41 Å². The molecule has 0 saturated heterocycles. The Balaban J connectivity index is 1.90. The van der Waals surface area contributed by atoms with Crippen molar-refractivity contribution in [3.63, 3.8) is 0 Å². The molecular formula is C23H28O2. The van der Waals surface area contributed by atoms with E-state index in [9.17, 15) is 4.79 Å². The smallest absolute Gasteiger partial charge is 0.338 e. The molecule has 0 aliphatic heterocycles. The average molecular weight is 336 g/mol. The third-order valence-corrected chi connectivity index (χ3v) is 5.36. The van der Waals surface area contributed by atoms with Gasteiger partial charge in [-0.15, -0.1) is 0 Å². The maximum atomic E-state index is 12.6. The van der Waals surface area contributed by atoms with Crippen LogP contribution in [-0.2, 0) is 10.2 Å². The lowest BCUT2D eigenvalue weighted by Crippen LogP contribution is -2.39. The summed E-state index contributed by atoms with van der Waals surface area (Å²) in [6.45, 7) is 6.62. The monoisotopic (exact) mass is 336 g/mol. The molecule has 1 fully saturated rings. The molecule has 0 bridgehead atoms. The molecule has 0 spiro atoms. The van der Waals surface area contributed by atoms with Gasteiger partial charge in [-0.3, -0.25) is 0 Å². The van der Waals surface area contributed by atoms with Crippen LogP contribution in [0.15, 0.2) is 54.6 Å². The first kappa shape index (κ1) is 17.7. The predicted octanol–water partition coefficient (Wildman–Crippen LogP) is 5.69. The van der Waals surface area contributed by atoms with Crippen molar-refractivity contribution in [2.75, 3.05) is 0 Å². The highest BCUT2D eigenvalue weighted by Gasteiger charge is 2.46. The Labute approximate surface area is 151 Å². The number of ether oxygens (including phenoxy) is 1. The van der Waals surface area contributed by atoms with E-state index in [1.165, 1.54) is 11.1 Å². The fraction of sp³-hybridized carbons (Fsp3) is 0.435. The molecular weight excluding hydrogens is 308 g/mol. The molecule has 1 aliphatic carbocycles. The van der Waals surface area contributed by atoms with Crippen LogP contribution in [0.1, 0.15) is 61.0 Å². The third kappa shape index (κ3) is 3.78. The van der Waals surface area contributed by atoms with Crippen LogP contribution in [0.4, 0.5) is 0 Å². The Bertz CT molecular complexity index is 703. The lowest BCUT2D eigenvalue weighted by Gasteiger charge is -2.37. The molecule has 2 atom stereocenters. The van der Waals surface area contributed by atoms with E-state index < -0.39 is 0 Å². The molecule has 0 heterocycles. The molecule has 1 aliphatic rings. The van der Waals surface area contributed by atoms with Gasteiger partial charge >= 0.3 is 5.97 Å². The maximum absolute atomic E-state index is 12.6. The zero-order chi connectivity index (χ0) is 17.9. The number of carbonyl (C=O) groups excluding carboxylic acids is 1. The summed E-state index contributed by atoms with van der Waals surface area (Å²) in [5.74, 6) is 0.352. The molecule has 0 amide bonds.